The van der Waals surface area contributed by atoms with E-state index in [2.05, 4.69) is 70.9 Å². The molecule has 0 radical (unpaired) electrons. The van der Waals surface area contributed by atoms with Crippen molar-refractivity contribution in [3.05, 3.63) is 58.4 Å². The van der Waals surface area contributed by atoms with Gasteiger partial charge in [0.1, 0.15) is 6.17 Å². The predicted octanol–water partition coefficient (Wildman–Crippen LogP) is 1.15. The number of fused-ring (bicyclic) bond motifs is 3. The maximum atomic E-state index is 4.44. The van der Waals surface area contributed by atoms with Crippen molar-refractivity contribution in [3.8, 4) is 0 Å². The van der Waals surface area contributed by atoms with Gasteiger partial charge in [0, 0.05) is 53.9 Å². The molecule has 4 heterocycles. The van der Waals surface area contributed by atoms with E-state index in [0.29, 0.717) is 0 Å². The monoisotopic (exact) mass is 331 g/mol. The van der Waals surface area contributed by atoms with Crippen LogP contribution in [-0.4, -0.2) is 20.5 Å². The van der Waals surface area contributed by atoms with Gasteiger partial charge in [-0.15, -0.1) is 0 Å². The molecule has 2 aliphatic rings. The molecule has 1 atom stereocenters. The Labute approximate surface area is 146 Å². The molecule has 0 saturated heterocycles. The van der Waals surface area contributed by atoms with Crippen LogP contribution in [0.25, 0.3) is 28.4 Å². The van der Waals surface area contributed by atoms with Gasteiger partial charge in [-0.3, -0.25) is 4.68 Å². The van der Waals surface area contributed by atoms with E-state index in [1.165, 1.54) is 38.7 Å². The first-order valence-electron chi connectivity index (χ1n) is 8.71. The lowest BCUT2D eigenvalue weighted by Crippen LogP contribution is -2.47. The molecular formula is C20H21N5. The van der Waals surface area contributed by atoms with Crippen molar-refractivity contribution >= 4 is 28.4 Å². The number of hydrogen-bond donors (Lipinski definition) is 2. The van der Waals surface area contributed by atoms with Gasteiger partial charge in [-0.2, -0.15) is 5.10 Å². The number of nitrogens with zero attached hydrogens (tertiary/aromatic N) is 3. The summed E-state index contributed by atoms with van der Waals surface area (Å²) < 4.78 is 4.14. The molecule has 1 unspecified atom stereocenters. The van der Waals surface area contributed by atoms with Crippen molar-refractivity contribution in [2.75, 3.05) is 0 Å². The summed E-state index contributed by atoms with van der Waals surface area (Å²) in [5.74, 6) is 0. The van der Waals surface area contributed by atoms with E-state index in [4.69, 9.17) is 0 Å². The number of hydrogen-bond acceptors (Lipinski definition) is 3. The van der Waals surface area contributed by atoms with Crippen molar-refractivity contribution < 1.29 is 0 Å². The Morgan fingerprint density at radius 1 is 1.20 bits per heavy atom. The normalized spacial score (nSPS) is 18.7. The molecule has 126 valence electrons. The maximum Gasteiger partial charge on any atom is 0.125 e. The van der Waals surface area contributed by atoms with Crippen LogP contribution in [0.5, 0.6) is 0 Å². The minimum atomic E-state index is 0.110. The minimum absolute atomic E-state index is 0.110. The number of rotatable bonds is 2. The fourth-order valence-electron chi connectivity index (χ4n) is 4.14. The third-order valence-corrected chi connectivity index (χ3v) is 5.36. The minimum Gasteiger partial charge on any atom is -0.367 e. The highest BCUT2D eigenvalue weighted by molar-refractivity contribution is 5.92. The Hall–Kier alpha value is -2.95. The lowest BCUT2D eigenvalue weighted by molar-refractivity contribution is 0.676. The third kappa shape index (κ3) is 1.92. The van der Waals surface area contributed by atoms with Crippen LogP contribution in [-0.2, 0) is 14.1 Å². The van der Waals surface area contributed by atoms with E-state index in [9.17, 15) is 0 Å². The highest BCUT2D eigenvalue weighted by Crippen LogP contribution is 2.34. The first-order valence-corrected chi connectivity index (χ1v) is 8.71. The Morgan fingerprint density at radius 2 is 2.08 bits per heavy atom. The Kier molecular flexibility index (Phi) is 2.89. The Morgan fingerprint density at radius 3 is 2.92 bits per heavy atom. The van der Waals surface area contributed by atoms with Gasteiger partial charge < -0.3 is 15.2 Å². The lowest BCUT2D eigenvalue weighted by Gasteiger charge is -2.18. The van der Waals surface area contributed by atoms with Gasteiger partial charge in [0.05, 0.1) is 11.5 Å². The van der Waals surface area contributed by atoms with Crippen LogP contribution in [0, 0.1) is 0 Å². The first kappa shape index (κ1) is 14.4. The van der Waals surface area contributed by atoms with E-state index in [-0.39, 0.29) is 6.17 Å². The highest BCUT2D eigenvalue weighted by atomic mass is 15.3. The van der Waals surface area contributed by atoms with E-state index >= 15 is 0 Å². The molecule has 2 N–H and O–H groups in total. The van der Waals surface area contributed by atoms with Crippen LogP contribution in [0.1, 0.15) is 18.9 Å². The van der Waals surface area contributed by atoms with Crippen LogP contribution in [0.2, 0.25) is 0 Å². The van der Waals surface area contributed by atoms with Crippen LogP contribution in [0.15, 0.2) is 42.2 Å². The summed E-state index contributed by atoms with van der Waals surface area (Å²) >= 11 is 0. The molecule has 5 nitrogen and oxygen atoms in total. The van der Waals surface area contributed by atoms with Crippen LogP contribution >= 0.6 is 0 Å². The molecule has 0 bridgehead atoms. The molecule has 5 heteroatoms. The molecule has 0 saturated carbocycles. The molecule has 0 amide bonds. The molecular weight excluding hydrogens is 310 g/mol. The largest absolute Gasteiger partial charge is 0.367 e. The number of aromatic nitrogens is 3. The fraction of sp³-hybridized carbons (Fsp3) is 0.250. The van der Waals surface area contributed by atoms with Gasteiger partial charge >= 0.3 is 0 Å². The molecule has 0 spiro atoms. The molecule has 2 aromatic heterocycles. The number of nitrogens with one attached hydrogen (secondary N) is 2. The molecule has 3 aromatic rings. The van der Waals surface area contributed by atoms with Crippen molar-refractivity contribution in [2.45, 2.75) is 19.5 Å². The molecule has 5 rings (SSSR count). The summed E-state index contributed by atoms with van der Waals surface area (Å²) in [4.78, 5) is 0. The van der Waals surface area contributed by atoms with Crippen molar-refractivity contribution in [1.29, 1.82) is 0 Å². The Bertz CT molecular complexity index is 1160. The summed E-state index contributed by atoms with van der Waals surface area (Å²) in [6.07, 6.45) is 7.18. The summed E-state index contributed by atoms with van der Waals surface area (Å²) in [6, 6.07) is 8.87. The molecule has 0 aliphatic carbocycles. The van der Waals surface area contributed by atoms with E-state index in [0.717, 1.165) is 11.6 Å². The van der Waals surface area contributed by atoms with Gasteiger partial charge in [0.25, 0.3) is 0 Å². The van der Waals surface area contributed by atoms with E-state index in [1.54, 1.807) is 0 Å². The predicted molar refractivity (Wildman–Crippen MR) is 101 cm³/mol. The molecule has 1 aromatic carbocycles. The van der Waals surface area contributed by atoms with Crippen LogP contribution in [0.4, 0.5) is 0 Å². The zero-order valence-electron chi connectivity index (χ0n) is 14.7. The summed E-state index contributed by atoms with van der Waals surface area (Å²) in [6.45, 7) is 2.22. The smallest absolute Gasteiger partial charge is 0.125 e. The third-order valence-electron chi connectivity index (χ3n) is 5.36. The average Bonchev–Trinajstić information content (AvgIpc) is 3.29. The summed E-state index contributed by atoms with van der Waals surface area (Å²) in [5.41, 5.74) is 6.41. The number of aryl methyl sites for hydroxylation is 2. The maximum absolute atomic E-state index is 4.44. The quantitative estimate of drug-likeness (QED) is 0.741. The van der Waals surface area contributed by atoms with Crippen molar-refractivity contribution in [1.82, 2.24) is 25.0 Å². The lowest BCUT2D eigenvalue weighted by atomic mass is 9.98. The topological polar surface area (TPSA) is 46.8 Å². The Balaban J connectivity index is 1.77. The van der Waals surface area contributed by atoms with E-state index in [1.807, 2.05) is 17.9 Å². The second-order valence-electron chi connectivity index (χ2n) is 6.78. The highest BCUT2D eigenvalue weighted by Gasteiger charge is 2.31. The van der Waals surface area contributed by atoms with Crippen molar-refractivity contribution in [2.24, 2.45) is 14.1 Å². The zero-order valence-corrected chi connectivity index (χ0v) is 14.7. The summed E-state index contributed by atoms with van der Waals surface area (Å²) in [5, 5.41) is 15.3. The SMILES string of the molecule is CCC1=C(c2ccc3c(ccn3C)c2)NC2NC=c3cnn(C)c3=C12. The molecule has 0 fully saturated rings. The van der Waals surface area contributed by atoms with Gasteiger partial charge in [0.15, 0.2) is 0 Å². The average molecular weight is 331 g/mol. The van der Waals surface area contributed by atoms with Crippen molar-refractivity contribution in [3.63, 3.8) is 0 Å². The molecule has 25 heavy (non-hydrogen) atoms. The first-order chi connectivity index (χ1) is 12.2. The standard InChI is InChI=1S/C20H21N5/c1-4-15-17-19-14(11-22-25(19)3)10-21-20(17)23-18(15)13-5-6-16-12(9-13)7-8-24(16)2/h5-11,20-21,23H,4H2,1-3H3. The van der Waals surface area contributed by atoms with Gasteiger partial charge in [-0.1, -0.05) is 13.0 Å². The zero-order chi connectivity index (χ0) is 17.1. The number of benzene rings is 1. The van der Waals surface area contributed by atoms with Gasteiger partial charge in [-0.05, 0) is 35.8 Å². The van der Waals surface area contributed by atoms with E-state index < -0.39 is 0 Å². The fourth-order valence-corrected chi connectivity index (χ4v) is 4.14. The van der Waals surface area contributed by atoms with Gasteiger partial charge in [0.2, 0.25) is 0 Å². The van der Waals surface area contributed by atoms with Crippen LogP contribution in [0.3, 0.4) is 0 Å². The molecule has 2 aliphatic heterocycles. The summed E-state index contributed by atoms with van der Waals surface area (Å²) in [7, 11) is 4.10. The van der Waals surface area contributed by atoms with Crippen LogP contribution < -0.4 is 21.2 Å². The second-order valence-corrected chi connectivity index (χ2v) is 6.78. The van der Waals surface area contributed by atoms with Gasteiger partial charge in [-0.25, -0.2) is 0 Å². The second kappa shape index (κ2) is 5.02.